The summed E-state index contributed by atoms with van der Waals surface area (Å²) >= 11 is 6.73. The highest BCUT2D eigenvalue weighted by molar-refractivity contribution is 8.15. The number of halogens is 2. The average molecular weight is 360 g/mol. The highest BCUT2D eigenvalue weighted by Gasteiger charge is 2.32. The van der Waals surface area contributed by atoms with Crippen LogP contribution in [0, 0.1) is 5.82 Å². The third kappa shape index (κ3) is 4.20. The third-order valence-corrected chi connectivity index (χ3v) is 4.13. The van der Waals surface area contributed by atoms with Gasteiger partial charge in [-0.25, -0.2) is 4.39 Å². The number of rotatable bonds is 5. The Bertz CT molecular complexity index is 711. The molecule has 7 nitrogen and oxygen atoms in total. The van der Waals surface area contributed by atoms with Gasteiger partial charge in [-0.05, 0) is 12.1 Å². The number of thioether (sulfide) groups is 1. The van der Waals surface area contributed by atoms with Crippen LogP contribution in [0.4, 0.5) is 4.39 Å². The minimum Gasteiger partial charge on any atom is -0.492 e. The van der Waals surface area contributed by atoms with Crippen LogP contribution in [-0.2, 0) is 9.59 Å². The largest absolute Gasteiger partial charge is 0.492 e. The van der Waals surface area contributed by atoms with Crippen LogP contribution in [0.3, 0.4) is 0 Å². The van der Waals surface area contributed by atoms with Crippen molar-refractivity contribution in [1.82, 2.24) is 5.32 Å². The Labute approximate surface area is 139 Å². The molecule has 23 heavy (non-hydrogen) atoms. The van der Waals surface area contributed by atoms with Crippen molar-refractivity contribution in [3.05, 3.63) is 28.5 Å². The molecule has 2 N–H and O–H groups in total. The van der Waals surface area contributed by atoms with E-state index in [1.54, 1.807) is 0 Å². The molecule has 1 aromatic rings. The zero-order valence-corrected chi connectivity index (χ0v) is 13.3. The zero-order valence-electron chi connectivity index (χ0n) is 11.7. The number of ether oxygens (including phenoxy) is 1. The summed E-state index contributed by atoms with van der Waals surface area (Å²) in [6, 6.07) is 2.85. The van der Waals surface area contributed by atoms with E-state index in [1.807, 2.05) is 0 Å². The molecule has 1 heterocycles. The second-order valence-electron chi connectivity index (χ2n) is 4.33. The number of carbonyl (C=O) groups excluding carboxylic acids is 1. The van der Waals surface area contributed by atoms with Crippen molar-refractivity contribution in [1.29, 1.82) is 0 Å². The standard InChI is InChI=1S/C13H11ClFN3O4S/c1-22-11-7(14)3-2-6(10(11)15)5-16-18-13-17-12(21)8(23-13)4-9(19)20/h2-3,5,8H,4H2,1H3,(H,19,20)(H,17,18,21). The predicted octanol–water partition coefficient (Wildman–Crippen LogP) is 1.88. The van der Waals surface area contributed by atoms with Crippen molar-refractivity contribution in [3.63, 3.8) is 0 Å². The molecule has 1 aliphatic heterocycles. The van der Waals surface area contributed by atoms with Gasteiger partial charge in [-0.1, -0.05) is 23.4 Å². The lowest BCUT2D eigenvalue weighted by Crippen LogP contribution is -2.26. The average Bonchev–Trinajstić information content (AvgIpc) is 2.81. The first kappa shape index (κ1) is 17.2. The summed E-state index contributed by atoms with van der Waals surface area (Å²) in [7, 11) is 1.29. The summed E-state index contributed by atoms with van der Waals surface area (Å²) < 4.78 is 18.9. The van der Waals surface area contributed by atoms with E-state index in [0.717, 1.165) is 18.0 Å². The maximum Gasteiger partial charge on any atom is 0.305 e. The number of methoxy groups -OCH3 is 1. The third-order valence-electron chi connectivity index (χ3n) is 2.76. The fourth-order valence-corrected chi connectivity index (χ4v) is 2.86. The fourth-order valence-electron chi connectivity index (χ4n) is 1.72. The summed E-state index contributed by atoms with van der Waals surface area (Å²) in [6.07, 6.45) is 0.820. The summed E-state index contributed by atoms with van der Waals surface area (Å²) in [5.41, 5.74) is 0.104. The summed E-state index contributed by atoms with van der Waals surface area (Å²) in [5.74, 6) is -2.33. The number of aliphatic carboxylic acids is 1. The number of carbonyl (C=O) groups is 2. The van der Waals surface area contributed by atoms with Gasteiger partial charge in [-0.3, -0.25) is 9.59 Å². The number of amidine groups is 1. The highest BCUT2D eigenvalue weighted by Crippen LogP contribution is 2.29. The molecule has 0 aromatic heterocycles. The lowest BCUT2D eigenvalue weighted by atomic mass is 10.2. The van der Waals surface area contributed by atoms with E-state index in [0.29, 0.717) is 0 Å². The molecular weight excluding hydrogens is 349 g/mol. The number of carboxylic acids is 1. The van der Waals surface area contributed by atoms with Crippen LogP contribution in [0.25, 0.3) is 0 Å². The second kappa shape index (κ2) is 7.42. The predicted molar refractivity (Wildman–Crippen MR) is 84.8 cm³/mol. The second-order valence-corrected chi connectivity index (χ2v) is 5.93. The van der Waals surface area contributed by atoms with E-state index in [4.69, 9.17) is 21.4 Å². The molecule has 122 valence electrons. The molecule has 1 unspecified atom stereocenters. The molecule has 1 aromatic carbocycles. The highest BCUT2D eigenvalue weighted by atomic mass is 35.5. The zero-order chi connectivity index (χ0) is 17.0. The van der Waals surface area contributed by atoms with Crippen molar-refractivity contribution in [2.75, 3.05) is 7.11 Å². The van der Waals surface area contributed by atoms with Crippen LogP contribution in [0.2, 0.25) is 5.02 Å². The van der Waals surface area contributed by atoms with E-state index in [2.05, 4.69) is 15.5 Å². The molecule has 0 radical (unpaired) electrons. The quantitative estimate of drug-likeness (QED) is 0.617. The Morgan fingerprint density at radius 3 is 3.00 bits per heavy atom. The van der Waals surface area contributed by atoms with E-state index in [-0.39, 0.29) is 27.9 Å². The van der Waals surface area contributed by atoms with Gasteiger partial charge in [0.1, 0.15) is 5.25 Å². The number of nitrogens with one attached hydrogen (secondary N) is 1. The molecule has 1 atom stereocenters. The van der Waals surface area contributed by atoms with Gasteiger partial charge in [0.25, 0.3) is 0 Å². The Hall–Kier alpha value is -2.13. The normalized spacial score (nSPS) is 19.3. The summed E-state index contributed by atoms with van der Waals surface area (Å²) in [4.78, 5) is 22.1. The molecule has 0 spiro atoms. The van der Waals surface area contributed by atoms with Crippen molar-refractivity contribution >= 4 is 46.6 Å². The maximum absolute atomic E-state index is 14.0. The lowest BCUT2D eigenvalue weighted by Gasteiger charge is -2.05. The van der Waals surface area contributed by atoms with E-state index in [1.165, 1.54) is 19.2 Å². The molecule has 0 saturated carbocycles. The van der Waals surface area contributed by atoms with Gasteiger partial charge in [-0.15, -0.1) is 5.10 Å². The van der Waals surface area contributed by atoms with Gasteiger partial charge < -0.3 is 15.2 Å². The summed E-state index contributed by atoms with van der Waals surface area (Å²) in [6.45, 7) is 0. The molecule has 1 aliphatic rings. The smallest absolute Gasteiger partial charge is 0.305 e. The first-order valence-corrected chi connectivity index (χ1v) is 7.50. The Balaban J connectivity index is 2.10. The van der Waals surface area contributed by atoms with E-state index >= 15 is 0 Å². The van der Waals surface area contributed by atoms with Gasteiger partial charge in [0.2, 0.25) is 5.91 Å². The Morgan fingerprint density at radius 2 is 2.35 bits per heavy atom. The molecule has 0 bridgehead atoms. The van der Waals surface area contributed by atoms with Crippen LogP contribution >= 0.6 is 23.4 Å². The molecule has 1 fully saturated rings. The van der Waals surface area contributed by atoms with Crippen LogP contribution in [0.15, 0.2) is 22.3 Å². The van der Waals surface area contributed by atoms with Gasteiger partial charge in [0.15, 0.2) is 16.7 Å². The SMILES string of the molecule is COc1c(Cl)ccc(C=NN=C2NC(=O)C(CC(=O)O)S2)c1F. The van der Waals surface area contributed by atoms with Gasteiger partial charge in [-0.2, -0.15) is 5.10 Å². The number of amides is 1. The van der Waals surface area contributed by atoms with Crippen molar-refractivity contribution in [2.24, 2.45) is 10.2 Å². The molecule has 1 amide bonds. The van der Waals surface area contributed by atoms with Gasteiger partial charge >= 0.3 is 5.97 Å². The first-order valence-electron chi connectivity index (χ1n) is 6.24. The van der Waals surface area contributed by atoms with E-state index < -0.39 is 22.9 Å². The van der Waals surface area contributed by atoms with Crippen LogP contribution in [0.1, 0.15) is 12.0 Å². The number of benzene rings is 1. The molecule has 10 heteroatoms. The molecule has 1 saturated heterocycles. The number of hydrogen-bond acceptors (Lipinski definition) is 6. The maximum atomic E-state index is 14.0. The van der Waals surface area contributed by atoms with Gasteiger partial charge in [0, 0.05) is 5.56 Å². The lowest BCUT2D eigenvalue weighted by molar-refractivity contribution is -0.138. The molecule has 2 rings (SSSR count). The van der Waals surface area contributed by atoms with Crippen molar-refractivity contribution in [2.45, 2.75) is 11.7 Å². The minimum absolute atomic E-state index is 0.103. The molecule has 0 aliphatic carbocycles. The van der Waals surface area contributed by atoms with E-state index in [9.17, 15) is 14.0 Å². The first-order chi connectivity index (χ1) is 10.9. The molecular formula is C13H11ClFN3O4S. The van der Waals surface area contributed by atoms with Crippen molar-refractivity contribution < 1.29 is 23.8 Å². The fraction of sp³-hybridized carbons (Fsp3) is 0.231. The van der Waals surface area contributed by atoms with Gasteiger partial charge in [0.05, 0.1) is 24.8 Å². The Kier molecular flexibility index (Phi) is 5.56. The van der Waals surface area contributed by atoms with Crippen LogP contribution < -0.4 is 10.1 Å². The van der Waals surface area contributed by atoms with Crippen LogP contribution in [-0.4, -0.2) is 40.7 Å². The van der Waals surface area contributed by atoms with Crippen LogP contribution in [0.5, 0.6) is 5.75 Å². The minimum atomic E-state index is -1.09. The van der Waals surface area contributed by atoms with Crippen molar-refractivity contribution in [3.8, 4) is 5.75 Å². The number of carboxylic acid groups (broad SMARTS) is 1. The summed E-state index contributed by atoms with van der Waals surface area (Å²) in [5, 5.41) is 18.0. The topological polar surface area (TPSA) is 100 Å². The number of nitrogens with zero attached hydrogens (tertiary/aromatic N) is 2. The number of hydrogen-bond donors (Lipinski definition) is 2. The monoisotopic (exact) mass is 359 g/mol. The Morgan fingerprint density at radius 1 is 1.61 bits per heavy atom.